The number of rotatable bonds is 6. The quantitative estimate of drug-likeness (QED) is 0.854. The zero-order chi connectivity index (χ0) is 17.6. The van der Waals surface area contributed by atoms with Gasteiger partial charge >= 0.3 is 6.03 Å². The highest BCUT2D eigenvalue weighted by atomic mass is 32.1. The summed E-state index contributed by atoms with van der Waals surface area (Å²) in [6.45, 7) is 8.62. The molecule has 0 saturated carbocycles. The Kier molecular flexibility index (Phi) is 6.09. The number of carbonyl (C=O) groups is 1. The summed E-state index contributed by atoms with van der Waals surface area (Å²) in [6, 6.07) is 6.39. The number of aromatic nitrogens is 2. The lowest BCUT2D eigenvalue weighted by Crippen LogP contribution is -2.49. The molecule has 3 rings (SSSR count). The molecule has 2 aromatic heterocycles. The van der Waals surface area contributed by atoms with Crippen molar-refractivity contribution in [2.45, 2.75) is 39.3 Å². The highest BCUT2D eigenvalue weighted by Gasteiger charge is 2.22. The fourth-order valence-electron chi connectivity index (χ4n) is 3.23. The Morgan fingerprint density at radius 2 is 2.12 bits per heavy atom. The minimum Gasteiger partial charge on any atom is -0.322 e. The molecule has 7 heteroatoms. The van der Waals surface area contributed by atoms with Gasteiger partial charge in [0.2, 0.25) is 0 Å². The van der Waals surface area contributed by atoms with Crippen molar-refractivity contribution >= 4 is 23.2 Å². The summed E-state index contributed by atoms with van der Waals surface area (Å²) >= 11 is 1.79. The minimum absolute atomic E-state index is 0.0266. The van der Waals surface area contributed by atoms with Gasteiger partial charge in [-0.25, -0.2) is 9.48 Å². The van der Waals surface area contributed by atoms with Crippen molar-refractivity contribution < 1.29 is 4.79 Å². The maximum Gasteiger partial charge on any atom is 0.323 e. The van der Waals surface area contributed by atoms with E-state index in [0.717, 1.165) is 51.4 Å². The number of anilines is 1. The van der Waals surface area contributed by atoms with Crippen molar-refractivity contribution in [1.82, 2.24) is 19.6 Å². The van der Waals surface area contributed by atoms with Crippen molar-refractivity contribution in [2.24, 2.45) is 0 Å². The third-order valence-corrected chi connectivity index (χ3v) is 5.51. The van der Waals surface area contributed by atoms with Crippen LogP contribution in [0.25, 0.3) is 0 Å². The molecule has 1 saturated heterocycles. The third kappa shape index (κ3) is 4.61. The molecule has 0 radical (unpaired) electrons. The van der Waals surface area contributed by atoms with E-state index >= 15 is 0 Å². The SMILES string of the molecule is CCC[C@@H](C)n1nccc1NC(=O)N1CCN(Cc2cccs2)CC1. The fraction of sp³-hybridized carbons (Fsp3) is 0.556. The molecule has 0 aromatic carbocycles. The predicted molar refractivity (Wildman–Crippen MR) is 102 cm³/mol. The van der Waals surface area contributed by atoms with Crippen molar-refractivity contribution in [1.29, 1.82) is 0 Å². The van der Waals surface area contributed by atoms with Gasteiger partial charge < -0.3 is 4.90 Å². The molecule has 1 N–H and O–H groups in total. The molecule has 0 aliphatic carbocycles. The van der Waals surface area contributed by atoms with Crippen LogP contribution in [-0.2, 0) is 6.54 Å². The number of carbonyl (C=O) groups excluding carboxylic acids is 1. The molecule has 2 amide bonds. The van der Waals surface area contributed by atoms with Crippen LogP contribution >= 0.6 is 11.3 Å². The first kappa shape index (κ1) is 17.9. The molecule has 25 heavy (non-hydrogen) atoms. The maximum absolute atomic E-state index is 12.6. The number of hydrogen-bond acceptors (Lipinski definition) is 4. The van der Waals surface area contributed by atoms with Crippen molar-refractivity contribution in [2.75, 3.05) is 31.5 Å². The Hall–Kier alpha value is -1.86. The molecule has 1 aliphatic heterocycles. The molecular weight excluding hydrogens is 334 g/mol. The Labute approximate surface area is 153 Å². The number of amides is 2. The number of thiophene rings is 1. The number of nitrogens with zero attached hydrogens (tertiary/aromatic N) is 4. The van der Waals surface area contributed by atoms with Crippen molar-refractivity contribution in [3.8, 4) is 0 Å². The smallest absolute Gasteiger partial charge is 0.322 e. The molecule has 6 nitrogen and oxygen atoms in total. The summed E-state index contributed by atoms with van der Waals surface area (Å²) in [5.74, 6) is 0.784. The Morgan fingerprint density at radius 3 is 2.80 bits per heavy atom. The van der Waals surface area contributed by atoms with E-state index < -0.39 is 0 Å². The van der Waals surface area contributed by atoms with E-state index in [9.17, 15) is 4.79 Å². The summed E-state index contributed by atoms with van der Waals surface area (Å²) < 4.78 is 1.91. The largest absolute Gasteiger partial charge is 0.323 e. The van der Waals surface area contributed by atoms with Crippen LogP contribution in [0.5, 0.6) is 0 Å². The van der Waals surface area contributed by atoms with E-state index in [1.165, 1.54) is 4.88 Å². The van der Waals surface area contributed by atoms with Gasteiger partial charge in [-0.05, 0) is 24.8 Å². The van der Waals surface area contributed by atoms with Gasteiger partial charge in [-0.15, -0.1) is 11.3 Å². The standard InChI is InChI=1S/C18H27N5OS/c1-3-5-15(2)23-17(7-8-19-23)20-18(24)22-11-9-21(10-12-22)14-16-6-4-13-25-16/h4,6-8,13,15H,3,5,9-12,14H2,1-2H3,(H,20,24)/t15-/m1/s1. The van der Waals surface area contributed by atoms with Crippen LogP contribution in [0.1, 0.15) is 37.6 Å². The summed E-state index contributed by atoms with van der Waals surface area (Å²) in [6.07, 6.45) is 3.90. The van der Waals surface area contributed by atoms with E-state index in [1.807, 2.05) is 15.6 Å². The van der Waals surface area contributed by atoms with E-state index in [1.54, 1.807) is 17.5 Å². The lowest BCUT2D eigenvalue weighted by Gasteiger charge is -2.34. The molecule has 1 fully saturated rings. The zero-order valence-electron chi connectivity index (χ0n) is 15.0. The van der Waals surface area contributed by atoms with Gasteiger partial charge in [-0.2, -0.15) is 5.10 Å². The second kappa shape index (κ2) is 8.49. The first-order valence-corrected chi connectivity index (χ1v) is 9.89. The van der Waals surface area contributed by atoms with E-state index in [-0.39, 0.29) is 12.1 Å². The van der Waals surface area contributed by atoms with Crippen LogP contribution in [0.4, 0.5) is 10.6 Å². The molecule has 1 aliphatic rings. The number of urea groups is 1. The number of piperazine rings is 1. The maximum atomic E-state index is 12.6. The van der Waals surface area contributed by atoms with Crippen LogP contribution < -0.4 is 5.32 Å². The van der Waals surface area contributed by atoms with Gasteiger partial charge in [0.1, 0.15) is 5.82 Å². The summed E-state index contributed by atoms with van der Waals surface area (Å²) in [5.41, 5.74) is 0. The lowest BCUT2D eigenvalue weighted by molar-refractivity contribution is 0.143. The van der Waals surface area contributed by atoms with Gasteiger partial charge in [0.15, 0.2) is 0 Å². The summed E-state index contributed by atoms with van der Waals surface area (Å²) in [4.78, 5) is 18.3. The highest BCUT2D eigenvalue weighted by molar-refractivity contribution is 7.09. The molecular formula is C18H27N5OS. The Balaban J connectivity index is 1.51. The van der Waals surface area contributed by atoms with Crippen LogP contribution in [0, 0.1) is 0 Å². The van der Waals surface area contributed by atoms with Gasteiger partial charge in [0.05, 0.1) is 12.2 Å². The molecule has 0 unspecified atom stereocenters. The monoisotopic (exact) mass is 361 g/mol. The highest BCUT2D eigenvalue weighted by Crippen LogP contribution is 2.19. The third-order valence-electron chi connectivity index (χ3n) is 4.65. The summed E-state index contributed by atoms with van der Waals surface area (Å²) in [7, 11) is 0. The lowest BCUT2D eigenvalue weighted by atomic mass is 10.2. The van der Waals surface area contributed by atoms with Gasteiger partial charge in [-0.3, -0.25) is 10.2 Å². The van der Waals surface area contributed by atoms with E-state index in [0.29, 0.717) is 0 Å². The first-order valence-electron chi connectivity index (χ1n) is 9.01. The van der Waals surface area contributed by atoms with E-state index in [2.05, 4.69) is 46.7 Å². The fourth-order valence-corrected chi connectivity index (χ4v) is 3.97. The Bertz CT molecular complexity index is 661. The first-order chi connectivity index (χ1) is 12.2. The molecule has 0 bridgehead atoms. The van der Waals surface area contributed by atoms with E-state index in [4.69, 9.17) is 0 Å². The van der Waals surface area contributed by atoms with Crippen LogP contribution in [-0.4, -0.2) is 51.8 Å². The molecule has 3 heterocycles. The molecule has 2 aromatic rings. The number of nitrogens with one attached hydrogen (secondary N) is 1. The van der Waals surface area contributed by atoms with Crippen molar-refractivity contribution in [3.63, 3.8) is 0 Å². The van der Waals surface area contributed by atoms with Crippen molar-refractivity contribution in [3.05, 3.63) is 34.7 Å². The minimum atomic E-state index is -0.0266. The second-order valence-electron chi connectivity index (χ2n) is 6.57. The summed E-state index contributed by atoms with van der Waals surface area (Å²) in [5, 5.41) is 9.51. The molecule has 0 spiro atoms. The normalized spacial score (nSPS) is 16.8. The molecule has 1 atom stereocenters. The van der Waals surface area contributed by atoms with Crippen LogP contribution in [0.2, 0.25) is 0 Å². The average Bonchev–Trinajstić information content (AvgIpc) is 3.27. The van der Waals surface area contributed by atoms with Crippen LogP contribution in [0.3, 0.4) is 0 Å². The van der Waals surface area contributed by atoms with Gasteiger partial charge in [0.25, 0.3) is 0 Å². The number of hydrogen-bond donors (Lipinski definition) is 1. The second-order valence-corrected chi connectivity index (χ2v) is 7.60. The topological polar surface area (TPSA) is 53.4 Å². The Morgan fingerprint density at radius 1 is 1.32 bits per heavy atom. The van der Waals surface area contributed by atoms with Gasteiger partial charge in [0, 0.05) is 43.7 Å². The average molecular weight is 362 g/mol. The van der Waals surface area contributed by atoms with Gasteiger partial charge in [-0.1, -0.05) is 19.4 Å². The van der Waals surface area contributed by atoms with Crippen LogP contribution in [0.15, 0.2) is 29.8 Å². The predicted octanol–water partition coefficient (Wildman–Crippen LogP) is 3.66. The zero-order valence-corrected chi connectivity index (χ0v) is 15.8. The molecule has 136 valence electrons.